The zero-order chi connectivity index (χ0) is 11.7. The SMILES string of the molecule is FCc1ccc(-n2nnc3cnccc32)nc1. The van der Waals surface area contributed by atoms with Gasteiger partial charge in [0.2, 0.25) is 0 Å². The largest absolute Gasteiger partial charge is 0.262 e. The van der Waals surface area contributed by atoms with Crippen molar-refractivity contribution in [3.8, 4) is 5.82 Å². The molecule has 0 aliphatic carbocycles. The first-order chi connectivity index (χ1) is 8.38. The van der Waals surface area contributed by atoms with Gasteiger partial charge in [0.15, 0.2) is 5.82 Å². The third-order valence-corrected chi connectivity index (χ3v) is 2.43. The first-order valence-electron chi connectivity index (χ1n) is 5.05. The Kier molecular flexibility index (Phi) is 2.25. The Morgan fingerprint density at radius 3 is 2.88 bits per heavy atom. The smallest absolute Gasteiger partial charge is 0.155 e. The Labute approximate surface area is 95.9 Å². The highest BCUT2D eigenvalue weighted by molar-refractivity contribution is 5.74. The summed E-state index contributed by atoms with van der Waals surface area (Å²) in [6, 6.07) is 5.20. The highest BCUT2D eigenvalue weighted by atomic mass is 19.1. The van der Waals surface area contributed by atoms with Crippen LogP contribution in [-0.4, -0.2) is 25.0 Å². The molecule has 0 aliphatic heterocycles. The molecule has 0 fully saturated rings. The van der Waals surface area contributed by atoms with Crippen LogP contribution in [0, 0.1) is 0 Å². The molecule has 0 radical (unpaired) electrons. The molecule has 17 heavy (non-hydrogen) atoms. The Morgan fingerprint density at radius 2 is 2.12 bits per heavy atom. The number of fused-ring (bicyclic) bond motifs is 1. The van der Waals surface area contributed by atoms with Gasteiger partial charge in [0.25, 0.3) is 0 Å². The van der Waals surface area contributed by atoms with Crippen LogP contribution in [-0.2, 0) is 6.67 Å². The van der Waals surface area contributed by atoms with Crippen LogP contribution in [0.4, 0.5) is 4.39 Å². The lowest BCUT2D eigenvalue weighted by molar-refractivity contribution is 0.484. The average molecular weight is 229 g/mol. The second kappa shape index (κ2) is 3.89. The molecular formula is C11H8FN5. The van der Waals surface area contributed by atoms with Crippen molar-refractivity contribution in [3.63, 3.8) is 0 Å². The third kappa shape index (κ3) is 1.63. The van der Waals surface area contributed by atoms with Crippen molar-refractivity contribution in [2.75, 3.05) is 0 Å². The molecule has 0 amide bonds. The van der Waals surface area contributed by atoms with Crippen molar-refractivity contribution in [1.29, 1.82) is 0 Å². The van der Waals surface area contributed by atoms with Crippen molar-refractivity contribution < 1.29 is 4.39 Å². The van der Waals surface area contributed by atoms with Crippen LogP contribution >= 0.6 is 0 Å². The minimum absolute atomic E-state index is 0.519. The van der Waals surface area contributed by atoms with E-state index in [0.717, 1.165) is 5.52 Å². The topological polar surface area (TPSA) is 56.5 Å². The van der Waals surface area contributed by atoms with Gasteiger partial charge in [-0.15, -0.1) is 5.10 Å². The van der Waals surface area contributed by atoms with Crippen LogP contribution in [0.1, 0.15) is 5.56 Å². The summed E-state index contributed by atoms with van der Waals surface area (Å²) in [5, 5.41) is 7.97. The van der Waals surface area contributed by atoms with Gasteiger partial charge in [-0.25, -0.2) is 9.37 Å². The van der Waals surface area contributed by atoms with Gasteiger partial charge >= 0.3 is 0 Å². The summed E-state index contributed by atoms with van der Waals surface area (Å²) in [5.74, 6) is 0.607. The highest BCUT2D eigenvalue weighted by Gasteiger charge is 2.06. The quantitative estimate of drug-likeness (QED) is 0.670. The molecule has 3 rings (SSSR count). The number of alkyl halides is 1. The first-order valence-corrected chi connectivity index (χ1v) is 5.05. The minimum Gasteiger partial charge on any atom is -0.262 e. The van der Waals surface area contributed by atoms with E-state index in [-0.39, 0.29) is 0 Å². The van der Waals surface area contributed by atoms with Crippen LogP contribution < -0.4 is 0 Å². The fourth-order valence-corrected chi connectivity index (χ4v) is 1.57. The zero-order valence-electron chi connectivity index (χ0n) is 8.79. The number of nitrogens with zero attached hydrogens (tertiary/aromatic N) is 5. The van der Waals surface area contributed by atoms with E-state index in [0.29, 0.717) is 16.9 Å². The summed E-state index contributed by atoms with van der Waals surface area (Å²) < 4.78 is 14.0. The zero-order valence-corrected chi connectivity index (χ0v) is 8.79. The molecule has 3 heterocycles. The second-order valence-electron chi connectivity index (χ2n) is 3.52. The van der Waals surface area contributed by atoms with Crippen LogP contribution in [0.3, 0.4) is 0 Å². The van der Waals surface area contributed by atoms with E-state index in [2.05, 4.69) is 20.3 Å². The third-order valence-electron chi connectivity index (χ3n) is 2.43. The average Bonchev–Trinajstić information content (AvgIpc) is 2.83. The second-order valence-corrected chi connectivity index (χ2v) is 3.52. The van der Waals surface area contributed by atoms with Gasteiger partial charge in [0.05, 0.1) is 11.7 Å². The lowest BCUT2D eigenvalue weighted by Crippen LogP contribution is -1.99. The lowest BCUT2D eigenvalue weighted by atomic mass is 10.3. The van der Waals surface area contributed by atoms with Crippen molar-refractivity contribution in [3.05, 3.63) is 42.4 Å². The Bertz CT molecular complexity index is 646. The van der Waals surface area contributed by atoms with Crippen LogP contribution in [0.2, 0.25) is 0 Å². The summed E-state index contributed by atoms with van der Waals surface area (Å²) in [7, 11) is 0. The fraction of sp³-hybridized carbons (Fsp3) is 0.0909. The van der Waals surface area contributed by atoms with Crippen molar-refractivity contribution in [1.82, 2.24) is 25.0 Å². The Balaban J connectivity index is 2.13. The predicted molar refractivity (Wildman–Crippen MR) is 59.3 cm³/mol. The number of pyridine rings is 2. The first kappa shape index (κ1) is 9.83. The summed E-state index contributed by atoms with van der Waals surface area (Å²) in [6.45, 7) is -0.519. The number of halogens is 1. The number of rotatable bonds is 2. The van der Waals surface area contributed by atoms with Crippen molar-refractivity contribution >= 4 is 11.0 Å². The van der Waals surface area contributed by atoms with Gasteiger partial charge in [0, 0.05) is 18.0 Å². The molecule has 0 aliphatic rings. The maximum absolute atomic E-state index is 12.4. The number of aromatic nitrogens is 5. The molecule has 0 spiro atoms. The highest BCUT2D eigenvalue weighted by Crippen LogP contribution is 2.13. The molecule has 0 saturated carbocycles. The van der Waals surface area contributed by atoms with E-state index < -0.39 is 6.67 Å². The lowest BCUT2D eigenvalue weighted by Gasteiger charge is -2.01. The van der Waals surface area contributed by atoms with E-state index in [1.54, 1.807) is 35.3 Å². The molecular weight excluding hydrogens is 221 g/mol. The number of hydrogen-bond donors (Lipinski definition) is 0. The maximum Gasteiger partial charge on any atom is 0.155 e. The van der Waals surface area contributed by atoms with Gasteiger partial charge in [-0.1, -0.05) is 11.3 Å². The molecule has 0 atom stereocenters. The van der Waals surface area contributed by atoms with Gasteiger partial charge < -0.3 is 0 Å². The predicted octanol–water partition coefficient (Wildman–Crippen LogP) is 1.68. The van der Waals surface area contributed by atoms with Crippen molar-refractivity contribution in [2.45, 2.75) is 6.67 Å². The van der Waals surface area contributed by atoms with E-state index in [1.807, 2.05) is 0 Å². The fourth-order valence-electron chi connectivity index (χ4n) is 1.57. The molecule has 3 aromatic rings. The van der Waals surface area contributed by atoms with E-state index in [1.165, 1.54) is 6.20 Å². The van der Waals surface area contributed by atoms with Gasteiger partial charge in [-0.2, -0.15) is 4.68 Å². The Morgan fingerprint density at radius 1 is 1.18 bits per heavy atom. The standard InChI is InChI=1S/C11H8FN5/c12-5-8-1-2-11(14-6-8)17-10-3-4-13-7-9(10)15-16-17/h1-4,6-7H,5H2. The normalized spacial score (nSPS) is 10.9. The van der Waals surface area contributed by atoms with E-state index in [4.69, 9.17) is 0 Å². The molecule has 3 aromatic heterocycles. The van der Waals surface area contributed by atoms with Gasteiger partial charge in [-0.3, -0.25) is 4.98 Å². The van der Waals surface area contributed by atoms with E-state index >= 15 is 0 Å². The molecule has 84 valence electrons. The van der Waals surface area contributed by atoms with Gasteiger partial charge in [-0.05, 0) is 12.1 Å². The monoisotopic (exact) mass is 229 g/mol. The summed E-state index contributed by atoms with van der Waals surface area (Å²) in [4.78, 5) is 8.10. The molecule has 0 bridgehead atoms. The number of hydrogen-bond acceptors (Lipinski definition) is 4. The van der Waals surface area contributed by atoms with Crippen LogP contribution in [0.25, 0.3) is 16.9 Å². The van der Waals surface area contributed by atoms with E-state index in [9.17, 15) is 4.39 Å². The molecule has 0 N–H and O–H groups in total. The van der Waals surface area contributed by atoms with Gasteiger partial charge in [0.1, 0.15) is 12.2 Å². The summed E-state index contributed by atoms with van der Waals surface area (Å²) in [5.41, 5.74) is 2.06. The molecule has 0 unspecified atom stereocenters. The minimum atomic E-state index is -0.519. The Hall–Kier alpha value is -2.37. The molecule has 5 nitrogen and oxygen atoms in total. The van der Waals surface area contributed by atoms with Crippen LogP contribution in [0.15, 0.2) is 36.8 Å². The summed E-state index contributed by atoms with van der Waals surface area (Å²) >= 11 is 0. The maximum atomic E-state index is 12.4. The molecule has 0 saturated heterocycles. The summed E-state index contributed by atoms with van der Waals surface area (Å²) in [6.07, 6.45) is 4.79. The molecule has 0 aromatic carbocycles. The molecule has 6 heteroatoms. The van der Waals surface area contributed by atoms with Crippen LogP contribution in [0.5, 0.6) is 0 Å². The van der Waals surface area contributed by atoms with Crippen molar-refractivity contribution in [2.24, 2.45) is 0 Å².